The van der Waals surface area contributed by atoms with Crippen molar-refractivity contribution in [2.45, 2.75) is 52.0 Å². The minimum Gasteiger partial charge on any atom is -0.301 e. The largest absolute Gasteiger partial charge is 0.301 e. The second-order valence-electron chi connectivity index (χ2n) is 7.14. The highest BCUT2D eigenvalue weighted by molar-refractivity contribution is 5.92. The minimum atomic E-state index is 0.416. The normalized spacial score (nSPS) is 20.1. The third-order valence-corrected chi connectivity index (χ3v) is 5.71. The van der Waals surface area contributed by atoms with E-state index in [9.17, 15) is 0 Å². The van der Waals surface area contributed by atoms with Crippen molar-refractivity contribution < 1.29 is 0 Å². The summed E-state index contributed by atoms with van der Waals surface area (Å²) in [6.45, 7) is 6.82. The number of hydrazine groups is 2. The molecule has 4 rings (SSSR count). The first-order valence-corrected chi connectivity index (χ1v) is 9.47. The number of fused-ring (bicyclic) bond motifs is 4. The van der Waals surface area contributed by atoms with Crippen molar-refractivity contribution in [2.75, 3.05) is 0 Å². The Labute approximate surface area is 150 Å². The Bertz CT molecular complexity index is 808. The van der Waals surface area contributed by atoms with Gasteiger partial charge in [0.1, 0.15) is 0 Å². The van der Waals surface area contributed by atoms with E-state index in [1.165, 1.54) is 33.6 Å². The fourth-order valence-corrected chi connectivity index (χ4v) is 4.07. The van der Waals surface area contributed by atoms with E-state index in [1.807, 2.05) is 0 Å². The molecule has 0 saturated heterocycles. The fourth-order valence-electron chi connectivity index (χ4n) is 4.07. The molecule has 130 valence electrons. The number of hydrogen-bond acceptors (Lipinski definition) is 3. The first-order chi connectivity index (χ1) is 12.2. The van der Waals surface area contributed by atoms with Crippen LogP contribution in [-0.4, -0.2) is 11.1 Å². The average molecular weight is 333 g/mol. The van der Waals surface area contributed by atoms with E-state index in [4.69, 9.17) is 0 Å². The molecule has 3 heteroatoms. The predicted octanol–water partition coefficient (Wildman–Crippen LogP) is 4.69. The van der Waals surface area contributed by atoms with Gasteiger partial charge in [-0.3, -0.25) is 5.01 Å². The Kier molecular flexibility index (Phi) is 4.26. The van der Waals surface area contributed by atoms with Crippen molar-refractivity contribution in [1.29, 1.82) is 0 Å². The van der Waals surface area contributed by atoms with Gasteiger partial charge in [-0.15, -0.1) is 5.53 Å². The van der Waals surface area contributed by atoms with Crippen LogP contribution in [0.5, 0.6) is 0 Å². The third-order valence-electron chi connectivity index (χ3n) is 5.71. The number of rotatable bonds is 3. The molecular weight excluding hydrogens is 306 g/mol. The molecule has 0 spiro atoms. The first-order valence-electron chi connectivity index (χ1n) is 9.47. The lowest BCUT2D eigenvalue weighted by atomic mass is 9.81. The molecule has 2 N–H and O–H groups in total. The highest BCUT2D eigenvalue weighted by Crippen LogP contribution is 2.41. The van der Waals surface area contributed by atoms with Crippen LogP contribution in [0.3, 0.4) is 0 Å². The Hall–Kier alpha value is -2.26. The monoisotopic (exact) mass is 333 g/mol. The molecule has 2 atom stereocenters. The zero-order chi connectivity index (χ0) is 17.4. The molecule has 0 saturated carbocycles. The number of benzene rings is 2. The van der Waals surface area contributed by atoms with Crippen molar-refractivity contribution in [3.63, 3.8) is 0 Å². The summed E-state index contributed by atoms with van der Waals surface area (Å²) in [4.78, 5) is 0. The van der Waals surface area contributed by atoms with Crippen LogP contribution < -0.4 is 11.0 Å². The molecule has 0 amide bonds. The lowest BCUT2D eigenvalue weighted by molar-refractivity contribution is 0.219. The van der Waals surface area contributed by atoms with E-state index in [2.05, 4.69) is 85.3 Å². The molecule has 0 bridgehead atoms. The van der Waals surface area contributed by atoms with Gasteiger partial charge in [0.25, 0.3) is 0 Å². The van der Waals surface area contributed by atoms with E-state index >= 15 is 0 Å². The van der Waals surface area contributed by atoms with Gasteiger partial charge in [0.05, 0.1) is 11.4 Å². The Balaban J connectivity index is 2.00. The van der Waals surface area contributed by atoms with Crippen LogP contribution in [0.25, 0.3) is 11.4 Å². The van der Waals surface area contributed by atoms with Crippen LogP contribution in [0.15, 0.2) is 48.5 Å². The van der Waals surface area contributed by atoms with Gasteiger partial charge >= 0.3 is 0 Å². The molecule has 3 nitrogen and oxygen atoms in total. The summed E-state index contributed by atoms with van der Waals surface area (Å²) in [7, 11) is 0. The highest BCUT2D eigenvalue weighted by Gasteiger charge is 2.32. The van der Waals surface area contributed by atoms with Crippen molar-refractivity contribution in [3.8, 4) is 0 Å². The van der Waals surface area contributed by atoms with Gasteiger partial charge in [-0.05, 0) is 43.2 Å². The molecule has 2 aromatic carbocycles. The highest BCUT2D eigenvalue weighted by atomic mass is 15.7. The maximum absolute atomic E-state index is 3.48. The molecule has 1 heterocycles. The van der Waals surface area contributed by atoms with E-state index in [0.29, 0.717) is 12.0 Å². The van der Waals surface area contributed by atoms with Crippen LogP contribution in [0.4, 0.5) is 0 Å². The van der Waals surface area contributed by atoms with Crippen LogP contribution in [0.1, 0.15) is 61.8 Å². The Morgan fingerprint density at radius 2 is 1.76 bits per heavy atom. The molecule has 0 aromatic heterocycles. The van der Waals surface area contributed by atoms with Gasteiger partial charge < -0.3 is 5.43 Å². The SMILES string of the molecule is CCC1Cc2ccccc2C2=C(c3ccccc31)N(C(C)CC)NN2. The van der Waals surface area contributed by atoms with Crippen LogP contribution in [0.2, 0.25) is 0 Å². The minimum absolute atomic E-state index is 0.416. The third kappa shape index (κ3) is 2.63. The molecule has 1 aliphatic carbocycles. The molecular formula is C22H27N3. The summed E-state index contributed by atoms with van der Waals surface area (Å²) < 4.78 is 0. The maximum atomic E-state index is 3.48. The summed E-state index contributed by atoms with van der Waals surface area (Å²) in [6, 6.07) is 18.2. The zero-order valence-corrected chi connectivity index (χ0v) is 15.3. The average Bonchev–Trinajstić information content (AvgIpc) is 3.09. The van der Waals surface area contributed by atoms with Gasteiger partial charge in [0.2, 0.25) is 0 Å². The van der Waals surface area contributed by atoms with Crippen molar-refractivity contribution >= 4 is 11.4 Å². The summed E-state index contributed by atoms with van der Waals surface area (Å²) in [5.74, 6) is 0.547. The zero-order valence-electron chi connectivity index (χ0n) is 15.3. The van der Waals surface area contributed by atoms with Gasteiger partial charge in [0.15, 0.2) is 0 Å². The number of nitrogens with zero attached hydrogens (tertiary/aromatic N) is 1. The fraction of sp³-hybridized carbons (Fsp3) is 0.364. The lowest BCUT2D eigenvalue weighted by Gasteiger charge is -2.30. The van der Waals surface area contributed by atoms with E-state index in [-0.39, 0.29) is 0 Å². The topological polar surface area (TPSA) is 27.3 Å². The molecule has 25 heavy (non-hydrogen) atoms. The second kappa shape index (κ2) is 6.57. The first kappa shape index (κ1) is 16.2. The summed E-state index contributed by atoms with van der Waals surface area (Å²) >= 11 is 0. The molecule has 0 fully saturated rings. The van der Waals surface area contributed by atoms with Gasteiger partial charge in [-0.2, -0.15) is 0 Å². The van der Waals surface area contributed by atoms with Gasteiger partial charge in [0, 0.05) is 17.2 Å². The molecule has 2 aliphatic rings. The second-order valence-corrected chi connectivity index (χ2v) is 7.14. The van der Waals surface area contributed by atoms with E-state index in [1.54, 1.807) is 0 Å². The van der Waals surface area contributed by atoms with Crippen LogP contribution in [0, 0.1) is 0 Å². The lowest BCUT2D eigenvalue weighted by Crippen LogP contribution is -2.42. The predicted molar refractivity (Wildman–Crippen MR) is 104 cm³/mol. The van der Waals surface area contributed by atoms with Crippen molar-refractivity contribution in [2.24, 2.45) is 0 Å². The van der Waals surface area contributed by atoms with Gasteiger partial charge in [-0.1, -0.05) is 62.4 Å². The number of hydrogen-bond donors (Lipinski definition) is 2. The Morgan fingerprint density at radius 3 is 2.52 bits per heavy atom. The summed E-state index contributed by atoms with van der Waals surface area (Å²) in [6.07, 6.45) is 3.33. The Morgan fingerprint density at radius 1 is 1.04 bits per heavy atom. The molecule has 2 aromatic rings. The molecule has 0 radical (unpaired) electrons. The van der Waals surface area contributed by atoms with Crippen molar-refractivity contribution in [3.05, 3.63) is 70.8 Å². The van der Waals surface area contributed by atoms with Crippen LogP contribution >= 0.6 is 0 Å². The summed E-state index contributed by atoms with van der Waals surface area (Å²) in [5, 5.41) is 2.31. The smallest absolute Gasteiger partial charge is 0.0867 e. The summed E-state index contributed by atoms with van der Waals surface area (Å²) in [5.41, 5.74) is 15.0. The maximum Gasteiger partial charge on any atom is 0.0867 e. The number of nitrogens with one attached hydrogen (secondary N) is 2. The van der Waals surface area contributed by atoms with E-state index in [0.717, 1.165) is 19.3 Å². The van der Waals surface area contributed by atoms with Crippen LogP contribution in [-0.2, 0) is 6.42 Å². The van der Waals surface area contributed by atoms with Crippen molar-refractivity contribution in [1.82, 2.24) is 16.0 Å². The van der Waals surface area contributed by atoms with E-state index < -0.39 is 0 Å². The molecule has 1 aliphatic heterocycles. The molecule has 2 unspecified atom stereocenters. The quantitative estimate of drug-likeness (QED) is 0.853. The standard InChI is InChI=1S/C22H27N3/c1-4-15(3)25-22-20-13-9-8-11-18(20)16(5-2)14-17-10-6-7-12-19(17)21(22)23-24-25/h6-13,15-16,23-24H,4-5,14H2,1-3H3. The van der Waals surface area contributed by atoms with Gasteiger partial charge in [-0.25, -0.2) is 0 Å².